The predicted octanol–water partition coefficient (Wildman–Crippen LogP) is 14.9. The van der Waals surface area contributed by atoms with Crippen molar-refractivity contribution in [1.82, 2.24) is 0 Å². The van der Waals surface area contributed by atoms with Crippen molar-refractivity contribution in [2.75, 3.05) is 18.0 Å². The highest BCUT2D eigenvalue weighted by Crippen LogP contribution is 2.62. The molecule has 0 saturated carbocycles. The van der Waals surface area contributed by atoms with Crippen LogP contribution >= 0.6 is 0 Å². The summed E-state index contributed by atoms with van der Waals surface area (Å²) in [4.78, 5) is 2.49. The third-order valence-electron chi connectivity index (χ3n) is 15.4. The Morgan fingerprint density at radius 2 is 1.16 bits per heavy atom. The van der Waals surface area contributed by atoms with Crippen LogP contribution in [0.3, 0.4) is 0 Å². The van der Waals surface area contributed by atoms with Crippen LogP contribution in [0, 0.1) is 11.6 Å². The smallest absolute Gasteiger partial charge is 0.178 e. The van der Waals surface area contributed by atoms with E-state index in [1.165, 1.54) is 58.3 Å². The summed E-state index contributed by atoms with van der Waals surface area (Å²) >= 11 is 0. The molecular weight excluding hydrogens is 789 g/mol. The second kappa shape index (κ2) is 14.6. The van der Waals surface area contributed by atoms with Crippen LogP contribution in [0.15, 0.2) is 170 Å². The van der Waals surface area contributed by atoms with E-state index in [0.717, 1.165) is 70.3 Å². The monoisotopic (exact) mass is 837 g/mol. The van der Waals surface area contributed by atoms with Gasteiger partial charge in [0.2, 0.25) is 0 Å². The Balaban J connectivity index is 1.14. The van der Waals surface area contributed by atoms with Gasteiger partial charge in [-0.3, -0.25) is 0 Å². The van der Waals surface area contributed by atoms with Crippen molar-refractivity contribution in [3.05, 3.63) is 232 Å². The van der Waals surface area contributed by atoms with Crippen molar-refractivity contribution in [2.24, 2.45) is 0 Å². The third kappa shape index (κ3) is 5.35. The van der Waals surface area contributed by atoms with E-state index >= 15 is 8.78 Å². The summed E-state index contributed by atoms with van der Waals surface area (Å²) in [7, 11) is 0. The van der Waals surface area contributed by atoms with Gasteiger partial charge in [0.15, 0.2) is 5.60 Å². The Labute approximate surface area is 374 Å². The molecular formula is C60H49F2NO. The Morgan fingerprint density at radius 3 is 1.88 bits per heavy atom. The second-order valence-corrected chi connectivity index (χ2v) is 18.2. The molecule has 314 valence electrons. The summed E-state index contributed by atoms with van der Waals surface area (Å²) in [6.45, 7) is 6.49. The van der Waals surface area contributed by atoms with Crippen molar-refractivity contribution in [2.45, 2.75) is 62.4 Å². The average molecular weight is 838 g/mol. The first-order valence-electron chi connectivity index (χ1n) is 23.1. The molecule has 0 bridgehead atoms. The lowest BCUT2D eigenvalue weighted by Gasteiger charge is -2.40. The fraction of sp³-hybridized carbons (Fsp3) is 0.200. The number of halogens is 2. The molecule has 0 radical (unpaired) electrons. The van der Waals surface area contributed by atoms with E-state index in [-0.39, 0.29) is 11.6 Å². The first-order valence-corrected chi connectivity index (χ1v) is 23.1. The zero-order valence-electron chi connectivity index (χ0n) is 36.3. The minimum Gasteiger partial charge on any atom is -0.472 e. The highest BCUT2D eigenvalue weighted by atomic mass is 19.1. The van der Waals surface area contributed by atoms with Crippen molar-refractivity contribution < 1.29 is 13.5 Å². The van der Waals surface area contributed by atoms with Crippen LogP contribution < -0.4 is 9.64 Å². The highest BCUT2D eigenvalue weighted by molar-refractivity contribution is 6.08. The van der Waals surface area contributed by atoms with Gasteiger partial charge in [-0.1, -0.05) is 141 Å². The van der Waals surface area contributed by atoms with Gasteiger partial charge in [-0.2, -0.15) is 0 Å². The molecule has 1 unspecified atom stereocenters. The van der Waals surface area contributed by atoms with Crippen LogP contribution in [0.1, 0.15) is 96.0 Å². The number of hydrogen-bond donors (Lipinski definition) is 0. The normalized spacial score (nSPS) is 18.5. The van der Waals surface area contributed by atoms with Gasteiger partial charge >= 0.3 is 0 Å². The lowest BCUT2D eigenvalue weighted by Crippen LogP contribution is -2.36. The second-order valence-electron chi connectivity index (χ2n) is 18.2. The molecule has 2 aliphatic carbocycles. The molecule has 4 heteroatoms. The molecule has 0 aromatic heterocycles. The van der Waals surface area contributed by atoms with Gasteiger partial charge in [0, 0.05) is 46.3 Å². The maximum atomic E-state index is 15.8. The SMILES string of the molecule is CCC1(CC)c2cc(F)ccc2-c2c1c1c(c3cc(F)ccc23)OC(c2ccc(N3CCCCC3)cc2)(c2ccc3c(c2)C(c2ccccc2)(c2ccccc2)c2ccccc2-3)C=C1. The lowest BCUT2D eigenvalue weighted by atomic mass is 9.67. The van der Waals surface area contributed by atoms with Crippen molar-refractivity contribution in [3.63, 3.8) is 0 Å². The molecule has 2 aliphatic heterocycles. The first-order chi connectivity index (χ1) is 31.4. The van der Waals surface area contributed by atoms with Crippen molar-refractivity contribution in [3.8, 4) is 28.0 Å². The maximum absolute atomic E-state index is 15.8. The van der Waals surface area contributed by atoms with Crippen molar-refractivity contribution in [1.29, 1.82) is 0 Å². The molecule has 1 fully saturated rings. The number of fused-ring (bicyclic) bond motifs is 11. The van der Waals surface area contributed by atoms with Gasteiger partial charge in [0.25, 0.3) is 0 Å². The summed E-state index contributed by atoms with van der Waals surface area (Å²) in [5.41, 5.74) is 13.3. The van der Waals surface area contributed by atoms with Gasteiger partial charge in [-0.25, -0.2) is 8.78 Å². The Morgan fingerprint density at radius 1 is 0.531 bits per heavy atom. The van der Waals surface area contributed by atoms with E-state index in [1.54, 1.807) is 24.3 Å². The van der Waals surface area contributed by atoms with E-state index in [1.807, 2.05) is 12.1 Å². The van der Waals surface area contributed by atoms with Gasteiger partial charge in [0.05, 0.1) is 5.41 Å². The number of benzene rings is 8. The lowest BCUT2D eigenvalue weighted by molar-refractivity contribution is 0.163. The molecule has 64 heavy (non-hydrogen) atoms. The number of nitrogens with zero attached hydrogens (tertiary/aromatic N) is 1. The zero-order valence-corrected chi connectivity index (χ0v) is 36.3. The first kappa shape index (κ1) is 38.9. The minimum absolute atomic E-state index is 0.248. The number of rotatable bonds is 7. The zero-order chi connectivity index (χ0) is 43.2. The van der Waals surface area contributed by atoms with Gasteiger partial charge < -0.3 is 9.64 Å². The summed E-state index contributed by atoms with van der Waals surface area (Å²) in [6.07, 6.45) is 9.68. The highest BCUT2D eigenvalue weighted by Gasteiger charge is 2.50. The summed E-state index contributed by atoms with van der Waals surface area (Å²) in [5.74, 6) is 0.0722. The number of piperidine rings is 1. The summed E-state index contributed by atoms with van der Waals surface area (Å²) in [5, 5.41) is 1.62. The molecule has 12 rings (SSSR count). The van der Waals surface area contributed by atoms with Crippen LogP contribution in [0.4, 0.5) is 14.5 Å². The Hall–Kier alpha value is -6.78. The van der Waals surface area contributed by atoms with Gasteiger partial charge in [0.1, 0.15) is 17.4 Å². The molecule has 8 aromatic rings. The predicted molar refractivity (Wildman–Crippen MR) is 257 cm³/mol. The van der Waals surface area contributed by atoms with Crippen LogP contribution in [0.2, 0.25) is 0 Å². The fourth-order valence-corrected chi connectivity index (χ4v) is 12.4. The summed E-state index contributed by atoms with van der Waals surface area (Å²) < 4.78 is 39.0. The van der Waals surface area contributed by atoms with E-state index in [0.29, 0.717) is 11.1 Å². The molecule has 0 amide bonds. The molecule has 4 aliphatic rings. The topological polar surface area (TPSA) is 12.5 Å². The Bertz CT molecular complexity index is 3120. The quantitative estimate of drug-likeness (QED) is 0.159. The van der Waals surface area contributed by atoms with E-state index in [4.69, 9.17) is 4.74 Å². The molecule has 0 spiro atoms. The van der Waals surface area contributed by atoms with Crippen LogP contribution in [-0.2, 0) is 16.4 Å². The van der Waals surface area contributed by atoms with E-state index < -0.39 is 16.4 Å². The number of ether oxygens (including phenoxy) is 1. The number of hydrogen-bond acceptors (Lipinski definition) is 2. The fourth-order valence-electron chi connectivity index (χ4n) is 12.4. The van der Waals surface area contributed by atoms with Crippen LogP contribution in [0.25, 0.3) is 39.1 Å². The van der Waals surface area contributed by atoms with E-state index in [9.17, 15) is 0 Å². The average Bonchev–Trinajstić information content (AvgIpc) is 3.82. The van der Waals surface area contributed by atoms with Crippen LogP contribution in [-0.4, -0.2) is 13.1 Å². The molecule has 8 aromatic carbocycles. The molecule has 1 atom stereocenters. The largest absolute Gasteiger partial charge is 0.472 e. The molecule has 2 heterocycles. The molecule has 2 nitrogen and oxygen atoms in total. The number of anilines is 1. The standard InChI is InChI=1S/C60H49F2NO/c1-3-58(4-2)53-38-44(62)26-31-49(53)55-48-30-25-43(61)37-51(48)57-50(56(55)58)32-33-59(64-57,39-22-27-45(28-23-39)63-34-14-7-15-35-63)42-24-29-47-46-20-12-13-21-52(46)60(54(47)36-42,40-16-8-5-9-17-40)41-18-10-6-11-19-41/h5-6,8-13,16-33,36-38H,3-4,7,14-15,34-35H2,1-2H3. The third-order valence-corrected chi connectivity index (χ3v) is 15.4. The van der Waals surface area contributed by atoms with Crippen LogP contribution in [0.5, 0.6) is 5.75 Å². The summed E-state index contributed by atoms with van der Waals surface area (Å²) in [6, 6.07) is 56.8. The molecule has 1 saturated heterocycles. The van der Waals surface area contributed by atoms with Gasteiger partial charge in [-0.15, -0.1) is 0 Å². The Kier molecular flexibility index (Phi) is 8.89. The van der Waals surface area contributed by atoms with E-state index in [2.05, 4.69) is 158 Å². The van der Waals surface area contributed by atoms with Gasteiger partial charge in [-0.05, 0) is 142 Å². The molecule has 0 N–H and O–H groups in total. The van der Waals surface area contributed by atoms with Crippen molar-refractivity contribution >= 4 is 22.5 Å². The minimum atomic E-state index is -1.11. The maximum Gasteiger partial charge on any atom is 0.178 e.